The monoisotopic (exact) mass is 357 g/mol. The van der Waals surface area contributed by atoms with Crippen molar-refractivity contribution in [3.8, 4) is 0 Å². The van der Waals surface area contributed by atoms with E-state index in [0.717, 1.165) is 57.8 Å². The van der Waals surface area contributed by atoms with Gasteiger partial charge >= 0.3 is 0 Å². The van der Waals surface area contributed by atoms with Gasteiger partial charge < -0.3 is 15.4 Å². The molecule has 2 aliphatic heterocycles. The molecule has 6 heteroatoms. The second kappa shape index (κ2) is 8.96. The molecule has 0 bridgehead atoms. The molecule has 0 atom stereocenters. The fourth-order valence-corrected chi connectivity index (χ4v) is 3.40. The molecule has 3 rings (SSSR count). The Kier molecular flexibility index (Phi) is 6.41. The molecule has 6 nitrogen and oxygen atoms in total. The van der Waals surface area contributed by atoms with Crippen molar-refractivity contribution in [2.24, 2.45) is 11.7 Å². The highest BCUT2D eigenvalue weighted by Crippen LogP contribution is 2.20. The van der Waals surface area contributed by atoms with Gasteiger partial charge in [-0.05, 0) is 36.5 Å². The van der Waals surface area contributed by atoms with Gasteiger partial charge in [0.15, 0.2) is 0 Å². The van der Waals surface area contributed by atoms with Gasteiger partial charge in [0.2, 0.25) is 11.8 Å². The minimum Gasteiger partial charge on any atom is -0.379 e. The first-order valence-electron chi connectivity index (χ1n) is 9.28. The summed E-state index contributed by atoms with van der Waals surface area (Å²) < 4.78 is 5.33. The molecule has 26 heavy (non-hydrogen) atoms. The number of nitrogens with zero attached hydrogens (tertiary/aromatic N) is 2. The minimum absolute atomic E-state index is 0.233. The van der Waals surface area contributed by atoms with Crippen LogP contribution in [0.1, 0.15) is 28.8 Å². The molecule has 0 unspecified atom stereocenters. The molecule has 2 amide bonds. The normalized spacial score (nSPS) is 19.8. The van der Waals surface area contributed by atoms with Gasteiger partial charge in [0.05, 0.1) is 19.8 Å². The maximum atomic E-state index is 12.4. The van der Waals surface area contributed by atoms with E-state index in [1.165, 1.54) is 0 Å². The van der Waals surface area contributed by atoms with Crippen LogP contribution in [-0.4, -0.2) is 67.6 Å². The summed E-state index contributed by atoms with van der Waals surface area (Å²) in [5.74, 6) is 0.310. The number of nitrogens with two attached hydrogens (primary N) is 1. The number of allylic oxidation sites excluding steroid dienone is 1. The fourth-order valence-electron chi connectivity index (χ4n) is 3.40. The lowest BCUT2D eigenvalue weighted by molar-refractivity contribution is -0.134. The maximum absolute atomic E-state index is 12.4. The van der Waals surface area contributed by atoms with Crippen molar-refractivity contribution < 1.29 is 14.3 Å². The Bertz CT molecular complexity index is 643. The van der Waals surface area contributed by atoms with Gasteiger partial charge in [0, 0.05) is 31.7 Å². The number of hydrogen-bond acceptors (Lipinski definition) is 4. The number of likely N-dealkylation sites (tertiary alicyclic amines) is 1. The van der Waals surface area contributed by atoms with Gasteiger partial charge in [-0.1, -0.05) is 24.3 Å². The lowest BCUT2D eigenvalue weighted by Gasteiger charge is -2.33. The molecule has 2 fully saturated rings. The second-order valence-electron chi connectivity index (χ2n) is 6.95. The molecule has 2 heterocycles. The quantitative estimate of drug-likeness (QED) is 0.864. The standard InChI is InChI=1S/C20H27N3O3/c21-20(25)18-5-3-16(4-6-18)1-2-17-7-9-23(10-8-17)19(24)15-22-11-13-26-14-12-22/h1-6,17H,7-15H2,(H2,21,25). The third-order valence-corrected chi connectivity index (χ3v) is 5.11. The first kappa shape index (κ1) is 18.6. The van der Waals surface area contributed by atoms with Gasteiger partial charge in [-0.2, -0.15) is 0 Å². The predicted molar refractivity (Wildman–Crippen MR) is 101 cm³/mol. The molecular formula is C20H27N3O3. The molecule has 0 radical (unpaired) electrons. The lowest BCUT2D eigenvalue weighted by Crippen LogP contribution is -2.46. The molecule has 0 spiro atoms. The van der Waals surface area contributed by atoms with Crippen molar-refractivity contribution in [3.63, 3.8) is 0 Å². The highest BCUT2D eigenvalue weighted by Gasteiger charge is 2.23. The average Bonchev–Trinajstić information content (AvgIpc) is 2.68. The number of carbonyl (C=O) groups excluding carboxylic acids is 2. The number of hydrogen-bond donors (Lipinski definition) is 1. The number of amides is 2. The molecule has 1 aromatic rings. The van der Waals surface area contributed by atoms with Gasteiger partial charge in [0.1, 0.15) is 0 Å². The molecule has 0 aliphatic carbocycles. The summed E-state index contributed by atoms with van der Waals surface area (Å²) in [7, 11) is 0. The zero-order chi connectivity index (χ0) is 18.4. The Morgan fingerprint density at radius 2 is 1.73 bits per heavy atom. The van der Waals surface area contributed by atoms with Crippen LogP contribution in [0.5, 0.6) is 0 Å². The van der Waals surface area contributed by atoms with Crippen LogP contribution < -0.4 is 5.73 Å². The molecular weight excluding hydrogens is 330 g/mol. The summed E-state index contributed by atoms with van der Waals surface area (Å²) in [5, 5.41) is 0. The zero-order valence-corrected chi connectivity index (χ0v) is 15.1. The number of primary amides is 1. The Balaban J connectivity index is 1.44. The van der Waals surface area contributed by atoms with Crippen LogP contribution in [0.25, 0.3) is 6.08 Å². The van der Waals surface area contributed by atoms with E-state index >= 15 is 0 Å². The molecule has 2 aliphatic rings. The minimum atomic E-state index is -0.408. The first-order valence-corrected chi connectivity index (χ1v) is 9.28. The van der Waals surface area contributed by atoms with Crippen LogP contribution in [-0.2, 0) is 9.53 Å². The lowest BCUT2D eigenvalue weighted by atomic mass is 9.95. The Labute approximate surface area is 154 Å². The summed E-state index contributed by atoms with van der Waals surface area (Å²) in [6, 6.07) is 7.29. The molecule has 140 valence electrons. The maximum Gasteiger partial charge on any atom is 0.248 e. The third-order valence-electron chi connectivity index (χ3n) is 5.11. The average molecular weight is 357 g/mol. The molecule has 2 saturated heterocycles. The number of benzene rings is 1. The SMILES string of the molecule is NC(=O)c1ccc(C=CC2CCN(C(=O)CN3CCOCC3)CC2)cc1. The van der Waals surface area contributed by atoms with E-state index in [0.29, 0.717) is 18.0 Å². The van der Waals surface area contributed by atoms with Crippen molar-refractivity contribution in [1.82, 2.24) is 9.80 Å². The van der Waals surface area contributed by atoms with Crippen molar-refractivity contribution >= 4 is 17.9 Å². The summed E-state index contributed by atoms with van der Waals surface area (Å²) in [5.41, 5.74) is 6.83. The van der Waals surface area contributed by atoms with E-state index < -0.39 is 5.91 Å². The van der Waals surface area contributed by atoms with Crippen LogP contribution >= 0.6 is 0 Å². The second-order valence-corrected chi connectivity index (χ2v) is 6.95. The van der Waals surface area contributed by atoms with Crippen molar-refractivity contribution in [3.05, 3.63) is 41.5 Å². The van der Waals surface area contributed by atoms with Crippen LogP contribution in [0.3, 0.4) is 0 Å². The van der Waals surface area contributed by atoms with E-state index in [2.05, 4.69) is 17.1 Å². The van der Waals surface area contributed by atoms with Crippen LogP contribution in [0.2, 0.25) is 0 Å². The van der Waals surface area contributed by atoms with E-state index in [1.807, 2.05) is 17.0 Å². The number of piperidine rings is 1. The Morgan fingerprint density at radius 3 is 2.35 bits per heavy atom. The van der Waals surface area contributed by atoms with E-state index in [9.17, 15) is 9.59 Å². The van der Waals surface area contributed by atoms with E-state index in [4.69, 9.17) is 10.5 Å². The highest BCUT2D eigenvalue weighted by molar-refractivity contribution is 5.92. The molecule has 1 aromatic carbocycles. The zero-order valence-electron chi connectivity index (χ0n) is 15.1. The van der Waals surface area contributed by atoms with Crippen molar-refractivity contribution in [1.29, 1.82) is 0 Å². The molecule has 0 saturated carbocycles. The summed E-state index contributed by atoms with van der Waals surface area (Å²) in [6.07, 6.45) is 6.28. The smallest absolute Gasteiger partial charge is 0.248 e. The number of carbonyl (C=O) groups is 2. The van der Waals surface area contributed by atoms with Crippen LogP contribution in [0.15, 0.2) is 30.3 Å². The summed E-state index contributed by atoms with van der Waals surface area (Å²) >= 11 is 0. The van der Waals surface area contributed by atoms with Gasteiger partial charge in [0.25, 0.3) is 0 Å². The van der Waals surface area contributed by atoms with Gasteiger partial charge in [-0.3, -0.25) is 14.5 Å². The summed E-state index contributed by atoms with van der Waals surface area (Å²) in [6.45, 7) is 5.29. The van der Waals surface area contributed by atoms with E-state index in [1.54, 1.807) is 12.1 Å². The van der Waals surface area contributed by atoms with Crippen LogP contribution in [0.4, 0.5) is 0 Å². The number of morpholine rings is 1. The van der Waals surface area contributed by atoms with Crippen molar-refractivity contribution in [2.45, 2.75) is 12.8 Å². The number of rotatable bonds is 5. The Hall–Kier alpha value is -2.18. The topological polar surface area (TPSA) is 75.9 Å². The number of ether oxygens (including phenoxy) is 1. The van der Waals surface area contributed by atoms with Gasteiger partial charge in [-0.15, -0.1) is 0 Å². The van der Waals surface area contributed by atoms with Crippen molar-refractivity contribution in [2.75, 3.05) is 45.9 Å². The Morgan fingerprint density at radius 1 is 1.08 bits per heavy atom. The third kappa shape index (κ3) is 5.16. The van der Waals surface area contributed by atoms with E-state index in [-0.39, 0.29) is 5.91 Å². The predicted octanol–water partition coefficient (Wildman–Crippen LogP) is 1.37. The van der Waals surface area contributed by atoms with Crippen LogP contribution in [0, 0.1) is 5.92 Å². The first-order chi connectivity index (χ1) is 12.6. The highest BCUT2D eigenvalue weighted by atomic mass is 16.5. The molecule has 0 aromatic heterocycles. The molecule has 2 N–H and O–H groups in total. The fraction of sp³-hybridized carbons (Fsp3) is 0.500. The largest absolute Gasteiger partial charge is 0.379 e. The van der Waals surface area contributed by atoms with Gasteiger partial charge in [-0.25, -0.2) is 0 Å². The summed E-state index contributed by atoms with van der Waals surface area (Å²) in [4.78, 5) is 27.7.